The summed E-state index contributed by atoms with van der Waals surface area (Å²) in [7, 11) is 1.19. The van der Waals surface area contributed by atoms with Crippen LogP contribution in [0, 0.1) is 16.0 Å². The summed E-state index contributed by atoms with van der Waals surface area (Å²) < 4.78 is 11.2. The molecule has 0 aliphatic carbocycles. The fourth-order valence-corrected chi connectivity index (χ4v) is 5.90. The molecule has 2 aliphatic rings. The van der Waals surface area contributed by atoms with Gasteiger partial charge in [0.05, 0.1) is 24.1 Å². The SMILES string of the molecule is COc1c(O)cc2cc1Oc1ccc(cc1[N+](=O)[O-])C[C@H](NC(=O)[C@H](N)CC(C)C)C(=O)N[C@H](Cc1ccccc1)C(=O)N[C@H]2[C@@H](NC(C)=O)C(=O)O. The van der Waals surface area contributed by atoms with Gasteiger partial charge < -0.3 is 46.7 Å². The highest BCUT2D eigenvalue weighted by Gasteiger charge is 2.37. The molecule has 282 valence electrons. The summed E-state index contributed by atoms with van der Waals surface area (Å²) in [6, 6.07) is 7.38. The molecular weight excluding hydrogens is 692 g/mol. The molecule has 0 radical (unpaired) electrons. The number of nitrogens with two attached hydrogens (primary N) is 1. The first kappa shape index (κ1) is 39.6. The van der Waals surface area contributed by atoms with E-state index in [1.165, 1.54) is 25.3 Å². The van der Waals surface area contributed by atoms with Crippen molar-refractivity contribution < 1.29 is 48.6 Å². The van der Waals surface area contributed by atoms with Gasteiger partial charge in [-0.25, -0.2) is 4.79 Å². The Labute approximate surface area is 304 Å². The van der Waals surface area contributed by atoms with Crippen molar-refractivity contribution in [2.45, 2.75) is 70.2 Å². The summed E-state index contributed by atoms with van der Waals surface area (Å²) >= 11 is 0. The van der Waals surface area contributed by atoms with Crippen molar-refractivity contribution in [1.29, 1.82) is 0 Å². The van der Waals surface area contributed by atoms with Gasteiger partial charge in [-0.1, -0.05) is 50.2 Å². The summed E-state index contributed by atoms with van der Waals surface area (Å²) in [6.07, 6.45) is -0.103. The van der Waals surface area contributed by atoms with Crippen LogP contribution in [0.3, 0.4) is 0 Å². The number of carboxylic acid groups (broad SMARTS) is 1. The number of fused-ring (bicyclic) bond motifs is 9. The molecule has 17 nitrogen and oxygen atoms in total. The molecule has 53 heavy (non-hydrogen) atoms. The summed E-state index contributed by atoms with van der Waals surface area (Å²) in [5.74, 6) is -6.21. The Morgan fingerprint density at radius 1 is 1.06 bits per heavy atom. The first-order chi connectivity index (χ1) is 25.1. The number of benzene rings is 3. The van der Waals surface area contributed by atoms with Gasteiger partial charge in [-0.2, -0.15) is 0 Å². The predicted molar refractivity (Wildman–Crippen MR) is 189 cm³/mol. The number of hydrogen-bond acceptors (Lipinski definition) is 11. The zero-order valence-corrected chi connectivity index (χ0v) is 29.5. The first-order valence-electron chi connectivity index (χ1n) is 16.6. The van der Waals surface area contributed by atoms with Crippen molar-refractivity contribution in [3.8, 4) is 23.0 Å². The Balaban J connectivity index is 1.95. The number of nitrogens with one attached hydrogen (secondary N) is 4. The summed E-state index contributed by atoms with van der Waals surface area (Å²) in [4.78, 5) is 77.9. The van der Waals surface area contributed by atoms with Crippen LogP contribution in [0.1, 0.15) is 49.9 Å². The second-order valence-electron chi connectivity index (χ2n) is 13.0. The van der Waals surface area contributed by atoms with Crippen molar-refractivity contribution in [3.63, 3.8) is 0 Å². The Kier molecular flexibility index (Phi) is 12.9. The number of amides is 4. The van der Waals surface area contributed by atoms with E-state index in [2.05, 4.69) is 21.3 Å². The van der Waals surface area contributed by atoms with E-state index in [4.69, 9.17) is 15.2 Å². The van der Waals surface area contributed by atoms with Gasteiger partial charge in [0.15, 0.2) is 17.5 Å². The number of nitrogens with zero attached hydrogens (tertiary/aromatic N) is 1. The number of phenols is 1. The van der Waals surface area contributed by atoms with Crippen molar-refractivity contribution in [3.05, 3.63) is 87.5 Å². The maximum Gasteiger partial charge on any atom is 0.328 e. The van der Waals surface area contributed by atoms with Crippen LogP contribution >= 0.6 is 0 Å². The molecule has 2 heterocycles. The number of carboxylic acids is 1. The van der Waals surface area contributed by atoms with Crippen LogP contribution in [0.15, 0.2) is 60.7 Å². The van der Waals surface area contributed by atoms with E-state index >= 15 is 0 Å². The van der Waals surface area contributed by atoms with E-state index in [9.17, 15) is 44.3 Å². The van der Waals surface area contributed by atoms with Gasteiger partial charge in [0, 0.05) is 25.8 Å². The van der Waals surface area contributed by atoms with Gasteiger partial charge in [-0.05, 0) is 47.2 Å². The predicted octanol–water partition coefficient (Wildman–Crippen LogP) is 1.99. The maximum atomic E-state index is 14.2. The molecule has 4 bridgehead atoms. The fraction of sp³-hybridized carbons (Fsp3) is 0.361. The number of nitro groups is 1. The van der Waals surface area contributed by atoms with Gasteiger partial charge >= 0.3 is 11.7 Å². The monoisotopic (exact) mass is 734 g/mol. The minimum atomic E-state index is -1.84. The maximum absolute atomic E-state index is 14.2. The molecule has 5 rings (SSSR count). The Hall–Kier alpha value is -6.23. The molecule has 2 aliphatic heterocycles. The van der Waals surface area contributed by atoms with Crippen LogP contribution in [-0.4, -0.2) is 76.0 Å². The number of methoxy groups -OCH3 is 1. The molecule has 0 aromatic heterocycles. The van der Waals surface area contributed by atoms with E-state index in [-0.39, 0.29) is 53.6 Å². The largest absolute Gasteiger partial charge is 0.504 e. The number of aliphatic carboxylic acids is 1. The molecule has 0 saturated heterocycles. The number of nitro benzene ring substituents is 1. The highest BCUT2D eigenvalue weighted by molar-refractivity contribution is 5.94. The van der Waals surface area contributed by atoms with E-state index < -0.39 is 76.2 Å². The van der Waals surface area contributed by atoms with Gasteiger partial charge in [-0.3, -0.25) is 29.3 Å². The Bertz CT molecular complexity index is 1870. The van der Waals surface area contributed by atoms with Crippen LogP contribution in [-0.2, 0) is 36.8 Å². The minimum Gasteiger partial charge on any atom is -0.504 e. The van der Waals surface area contributed by atoms with E-state index in [0.717, 1.165) is 19.1 Å². The van der Waals surface area contributed by atoms with Crippen LogP contribution in [0.25, 0.3) is 0 Å². The lowest BCUT2D eigenvalue weighted by Gasteiger charge is -2.30. The fourth-order valence-electron chi connectivity index (χ4n) is 5.90. The first-order valence-corrected chi connectivity index (χ1v) is 16.6. The molecule has 5 atom stereocenters. The zero-order chi connectivity index (χ0) is 39.0. The van der Waals surface area contributed by atoms with Gasteiger partial charge in [-0.15, -0.1) is 0 Å². The highest BCUT2D eigenvalue weighted by atomic mass is 16.6. The van der Waals surface area contributed by atoms with Crippen molar-refractivity contribution in [2.24, 2.45) is 11.7 Å². The lowest BCUT2D eigenvalue weighted by molar-refractivity contribution is -0.385. The average Bonchev–Trinajstić information content (AvgIpc) is 3.08. The van der Waals surface area contributed by atoms with Crippen molar-refractivity contribution >= 4 is 35.3 Å². The quantitative estimate of drug-likeness (QED) is 0.110. The lowest BCUT2D eigenvalue weighted by Crippen LogP contribution is -2.58. The molecule has 17 heteroatoms. The lowest BCUT2D eigenvalue weighted by atomic mass is 9.96. The molecule has 3 aromatic rings. The van der Waals surface area contributed by atoms with E-state index in [1.54, 1.807) is 30.3 Å². The molecule has 8 N–H and O–H groups in total. The molecule has 0 unspecified atom stereocenters. The summed E-state index contributed by atoms with van der Waals surface area (Å²) in [6.45, 7) is 4.79. The number of carbonyl (C=O) groups excluding carboxylic acids is 4. The number of hydrogen-bond donors (Lipinski definition) is 7. The van der Waals surface area contributed by atoms with E-state index in [1.807, 2.05) is 13.8 Å². The zero-order valence-electron chi connectivity index (χ0n) is 29.5. The molecule has 0 fully saturated rings. The highest BCUT2D eigenvalue weighted by Crippen LogP contribution is 2.44. The average molecular weight is 735 g/mol. The van der Waals surface area contributed by atoms with Gasteiger partial charge in [0.2, 0.25) is 35.1 Å². The molecule has 0 saturated carbocycles. The van der Waals surface area contributed by atoms with E-state index in [0.29, 0.717) is 5.56 Å². The summed E-state index contributed by atoms with van der Waals surface area (Å²) in [5, 5.41) is 43.7. The van der Waals surface area contributed by atoms with Crippen LogP contribution in [0.2, 0.25) is 0 Å². The van der Waals surface area contributed by atoms with Crippen molar-refractivity contribution in [1.82, 2.24) is 21.3 Å². The third kappa shape index (κ3) is 10.2. The minimum absolute atomic E-state index is 0.0379. The number of phenolic OH excluding ortho intramolecular Hbond substituents is 1. The Morgan fingerprint density at radius 2 is 1.75 bits per heavy atom. The Morgan fingerprint density at radius 3 is 2.36 bits per heavy atom. The van der Waals surface area contributed by atoms with Crippen LogP contribution < -0.4 is 36.5 Å². The third-order valence-corrected chi connectivity index (χ3v) is 8.37. The third-order valence-electron chi connectivity index (χ3n) is 8.37. The second-order valence-corrected chi connectivity index (χ2v) is 13.0. The van der Waals surface area contributed by atoms with Gasteiger partial charge in [0.1, 0.15) is 12.1 Å². The number of ether oxygens (including phenoxy) is 2. The number of carbonyl (C=O) groups is 5. The van der Waals surface area contributed by atoms with Crippen LogP contribution in [0.5, 0.6) is 23.0 Å². The molecule has 3 aromatic carbocycles. The molecular formula is C36H42N6O11. The number of aromatic hydroxyl groups is 1. The van der Waals surface area contributed by atoms with Crippen LogP contribution in [0.4, 0.5) is 5.69 Å². The normalized spacial score (nSPS) is 18.5. The number of rotatable bonds is 11. The van der Waals surface area contributed by atoms with Gasteiger partial charge in [0.25, 0.3) is 0 Å². The molecule has 4 amide bonds. The molecule has 0 spiro atoms. The van der Waals surface area contributed by atoms with Crippen molar-refractivity contribution in [2.75, 3.05) is 7.11 Å². The topological polar surface area (TPSA) is 262 Å². The smallest absolute Gasteiger partial charge is 0.328 e. The standard InChI is InChI=1S/C36H42N6O11/c1-18(2)12-23(37)33(45)39-25-14-21-10-11-28(26(15-21)42(50)51)53-29-17-22(16-27(44)32(29)52-4)30(31(36(48)49)38-19(3)43)41-35(47)24(40-34(25)46)13-20-8-6-5-7-9-20/h5-11,15-18,23-25,30-31,44H,12-14,37H2,1-4H3,(H,38,43)(H,39,45)(H,40,46)(H,41,47)(H,48,49)/t23-,24-,25+,30-,31-/m1/s1. The second kappa shape index (κ2) is 17.3. The summed E-state index contributed by atoms with van der Waals surface area (Å²) in [5.41, 5.74) is 6.28.